The molecule has 3 aromatic carbocycles. The number of rotatable bonds is 6. The van der Waals surface area contributed by atoms with E-state index >= 15 is 0 Å². The molecule has 1 aliphatic rings. The van der Waals surface area contributed by atoms with Gasteiger partial charge in [-0.15, -0.1) is 0 Å². The van der Waals surface area contributed by atoms with E-state index in [-0.39, 0.29) is 32.6 Å². The number of aliphatic hydroxyl groups excluding tert-OH is 1. The Morgan fingerprint density at radius 2 is 1.81 bits per heavy atom. The van der Waals surface area contributed by atoms with Crippen molar-refractivity contribution in [2.75, 3.05) is 7.11 Å². The lowest BCUT2D eigenvalue weighted by Crippen LogP contribution is -2.53. The van der Waals surface area contributed by atoms with Crippen molar-refractivity contribution in [2.24, 2.45) is 10.7 Å². The summed E-state index contributed by atoms with van der Waals surface area (Å²) in [6.45, 7) is 3.26. The van der Waals surface area contributed by atoms with Crippen LogP contribution in [0.5, 0.6) is 11.5 Å². The van der Waals surface area contributed by atoms with E-state index in [0.29, 0.717) is 11.3 Å². The highest BCUT2D eigenvalue weighted by Crippen LogP contribution is 2.41. The minimum Gasteiger partial charge on any atom is -0.495 e. The fourth-order valence-corrected chi connectivity index (χ4v) is 5.65. The molecule has 4 N–H and O–H groups in total. The topological polar surface area (TPSA) is 140 Å². The van der Waals surface area contributed by atoms with Crippen LogP contribution in [-0.4, -0.2) is 44.1 Å². The molecule has 0 fully saturated rings. The molecule has 194 valence electrons. The van der Waals surface area contributed by atoms with Gasteiger partial charge >= 0.3 is 0 Å². The minimum atomic E-state index is -4.25. The van der Waals surface area contributed by atoms with Crippen molar-refractivity contribution in [3.63, 3.8) is 0 Å². The van der Waals surface area contributed by atoms with Crippen LogP contribution in [0.2, 0.25) is 5.02 Å². The van der Waals surface area contributed by atoms with E-state index in [1.807, 2.05) is 6.07 Å². The molecule has 9 nitrogen and oxygen atoms in total. The van der Waals surface area contributed by atoms with Crippen molar-refractivity contribution in [3.8, 4) is 11.5 Å². The first-order valence-corrected chi connectivity index (χ1v) is 13.1. The van der Waals surface area contributed by atoms with Crippen molar-refractivity contribution < 1.29 is 27.8 Å². The summed E-state index contributed by atoms with van der Waals surface area (Å²) in [5, 5.41) is 11.3. The molecule has 1 amide bonds. The summed E-state index contributed by atoms with van der Waals surface area (Å²) < 4.78 is 40.5. The van der Waals surface area contributed by atoms with Crippen LogP contribution < -0.4 is 19.9 Å². The van der Waals surface area contributed by atoms with Gasteiger partial charge in [0.15, 0.2) is 0 Å². The molecular formula is C26H26ClN3O6S. The zero-order valence-corrected chi connectivity index (χ0v) is 21.9. The number of benzene rings is 3. The SMILES string of the molecule is COc1ccc(Cl)cc1S(=O)(=O)N[C@@H]1c2cc(C(=O)N=C(N)c3ccccc3)ccc2OC(C)(C)[C@H]1O. The van der Waals surface area contributed by atoms with Crippen molar-refractivity contribution in [1.82, 2.24) is 4.72 Å². The molecule has 1 heterocycles. The maximum absolute atomic E-state index is 13.4. The lowest BCUT2D eigenvalue weighted by atomic mass is 9.86. The molecule has 0 spiro atoms. The first-order valence-electron chi connectivity index (χ1n) is 11.2. The van der Waals surface area contributed by atoms with Crippen molar-refractivity contribution in [2.45, 2.75) is 36.5 Å². The van der Waals surface area contributed by atoms with Gasteiger partial charge in [0, 0.05) is 21.7 Å². The number of ether oxygens (including phenoxy) is 2. The summed E-state index contributed by atoms with van der Waals surface area (Å²) in [6.07, 6.45) is -1.32. The second kappa shape index (κ2) is 10.1. The van der Waals surface area contributed by atoms with Crippen LogP contribution in [0.1, 0.15) is 41.4 Å². The Labute approximate surface area is 219 Å². The Morgan fingerprint density at radius 1 is 1.11 bits per heavy atom. The van der Waals surface area contributed by atoms with E-state index < -0.39 is 33.7 Å². The van der Waals surface area contributed by atoms with Crippen LogP contribution >= 0.6 is 11.6 Å². The first kappa shape index (κ1) is 26.6. The number of carbonyl (C=O) groups is 1. The van der Waals surface area contributed by atoms with Gasteiger partial charge in [-0.3, -0.25) is 4.79 Å². The second-order valence-electron chi connectivity index (χ2n) is 8.97. The summed E-state index contributed by atoms with van der Waals surface area (Å²) >= 11 is 6.04. The summed E-state index contributed by atoms with van der Waals surface area (Å²) in [7, 11) is -2.91. The summed E-state index contributed by atoms with van der Waals surface area (Å²) in [4.78, 5) is 16.7. The Kier molecular flexibility index (Phi) is 7.29. The zero-order chi connectivity index (χ0) is 27.0. The molecule has 0 aliphatic carbocycles. The number of nitrogens with two attached hydrogens (primary N) is 1. The van der Waals surface area contributed by atoms with Crippen LogP contribution in [0, 0.1) is 0 Å². The van der Waals surface area contributed by atoms with Gasteiger partial charge in [-0.05, 0) is 50.2 Å². The molecule has 0 aromatic heterocycles. The van der Waals surface area contributed by atoms with E-state index in [0.717, 1.165) is 0 Å². The van der Waals surface area contributed by atoms with E-state index in [2.05, 4.69) is 9.71 Å². The van der Waals surface area contributed by atoms with Crippen molar-refractivity contribution in [1.29, 1.82) is 0 Å². The fraction of sp³-hybridized carbons (Fsp3) is 0.231. The van der Waals surface area contributed by atoms with Gasteiger partial charge in [0.05, 0.1) is 13.2 Å². The van der Waals surface area contributed by atoms with E-state index in [4.69, 9.17) is 26.8 Å². The molecule has 0 saturated carbocycles. The van der Waals surface area contributed by atoms with Gasteiger partial charge < -0.3 is 20.3 Å². The maximum atomic E-state index is 13.4. The van der Waals surface area contributed by atoms with E-state index in [1.165, 1.54) is 43.5 Å². The number of fused-ring (bicyclic) bond motifs is 1. The number of amidine groups is 1. The number of amides is 1. The highest BCUT2D eigenvalue weighted by atomic mass is 35.5. The van der Waals surface area contributed by atoms with Crippen LogP contribution in [0.3, 0.4) is 0 Å². The molecule has 37 heavy (non-hydrogen) atoms. The molecule has 11 heteroatoms. The number of carbonyl (C=O) groups excluding carboxylic acids is 1. The number of aliphatic imine (C=N–C) groups is 1. The predicted octanol–water partition coefficient (Wildman–Crippen LogP) is 3.45. The number of halogens is 1. The number of nitrogens with zero attached hydrogens (tertiary/aromatic N) is 1. The van der Waals surface area contributed by atoms with Gasteiger partial charge in [-0.25, -0.2) is 13.1 Å². The number of sulfonamides is 1. The lowest BCUT2D eigenvalue weighted by molar-refractivity contribution is -0.0603. The predicted molar refractivity (Wildman–Crippen MR) is 140 cm³/mol. The Balaban J connectivity index is 1.74. The summed E-state index contributed by atoms with van der Waals surface area (Å²) in [5.41, 5.74) is 5.82. The third-order valence-corrected chi connectivity index (χ3v) is 7.68. The standard InChI is InChI=1S/C26H26ClN3O6S/c1-26(2)23(31)22(30-37(33,34)21-14-17(27)10-12-20(21)35-3)18-13-16(9-11-19(18)36-26)25(32)29-24(28)15-7-5-4-6-8-15/h4-14,22-23,30-31H,1-3H3,(H2,28,29,32)/t22-,23+/m1/s1. The third kappa shape index (κ3) is 5.47. The van der Waals surface area contributed by atoms with Crippen LogP contribution in [0.4, 0.5) is 0 Å². The molecule has 3 aromatic rings. The fourth-order valence-electron chi connectivity index (χ4n) is 4.00. The first-order chi connectivity index (χ1) is 17.4. The number of aliphatic hydroxyl groups is 1. The van der Waals surface area contributed by atoms with E-state index in [9.17, 15) is 18.3 Å². The summed E-state index contributed by atoms with van der Waals surface area (Å²) in [6, 6.07) is 16.3. The monoisotopic (exact) mass is 543 g/mol. The van der Waals surface area contributed by atoms with Gasteiger partial charge in [0.1, 0.15) is 33.9 Å². The number of hydrogen-bond acceptors (Lipinski definition) is 6. The van der Waals surface area contributed by atoms with Crippen LogP contribution in [0.25, 0.3) is 0 Å². The lowest BCUT2D eigenvalue weighted by Gasteiger charge is -2.42. The van der Waals surface area contributed by atoms with Crippen molar-refractivity contribution >= 4 is 33.4 Å². The Morgan fingerprint density at radius 3 is 2.49 bits per heavy atom. The largest absolute Gasteiger partial charge is 0.495 e. The molecule has 0 saturated heterocycles. The molecule has 0 radical (unpaired) electrons. The number of hydrogen-bond donors (Lipinski definition) is 3. The van der Waals surface area contributed by atoms with Gasteiger partial charge in [-0.2, -0.15) is 4.99 Å². The molecule has 0 unspecified atom stereocenters. The zero-order valence-electron chi connectivity index (χ0n) is 20.3. The highest BCUT2D eigenvalue weighted by molar-refractivity contribution is 7.89. The third-order valence-electron chi connectivity index (χ3n) is 5.98. The second-order valence-corrected chi connectivity index (χ2v) is 11.1. The van der Waals surface area contributed by atoms with Crippen LogP contribution in [-0.2, 0) is 10.0 Å². The average molecular weight is 544 g/mol. The van der Waals surface area contributed by atoms with Gasteiger partial charge in [0.2, 0.25) is 10.0 Å². The molecular weight excluding hydrogens is 518 g/mol. The average Bonchev–Trinajstić information content (AvgIpc) is 2.86. The highest BCUT2D eigenvalue weighted by Gasteiger charge is 2.45. The van der Waals surface area contributed by atoms with Crippen molar-refractivity contribution in [3.05, 3.63) is 88.4 Å². The van der Waals surface area contributed by atoms with Gasteiger partial charge in [-0.1, -0.05) is 41.9 Å². The smallest absolute Gasteiger partial charge is 0.278 e. The Hall–Kier alpha value is -3.44. The molecule has 1 aliphatic heterocycles. The minimum absolute atomic E-state index is 0.0334. The maximum Gasteiger partial charge on any atom is 0.278 e. The molecule has 0 bridgehead atoms. The van der Waals surface area contributed by atoms with Gasteiger partial charge in [0.25, 0.3) is 5.91 Å². The Bertz CT molecular complexity index is 1470. The van der Waals surface area contributed by atoms with Crippen LogP contribution in [0.15, 0.2) is 76.6 Å². The normalized spacial score (nSPS) is 19.0. The van der Waals surface area contributed by atoms with E-state index in [1.54, 1.807) is 38.1 Å². The molecule has 4 rings (SSSR count). The number of nitrogens with one attached hydrogen (secondary N) is 1. The molecule has 2 atom stereocenters. The summed E-state index contributed by atoms with van der Waals surface area (Å²) in [5.74, 6) is -0.224. The quantitative estimate of drug-likeness (QED) is 0.319. The number of methoxy groups -OCH3 is 1.